The van der Waals surface area contributed by atoms with Crippen LogP contribution in [0.5, 0.6) is 0 Å². The third-order valence-corrected chi connectivity index (χ3v) is 6.21. The van der Waals surface area contributed by atoms with Crippen LogP contribution in [-0.2, 0) is 18.9 Å². The lowest BCUT2D eigenvalue weighted by Crippen LogP contribution is -2.20. The molecule has 0 bridgehead atoms. The summed E-state index contributed by atoms with van der Waals surface area (Å²) in [5.74, 6) is 1.55. The molecule has 0 saturated carbocycles. The molecule has 0 aliphatic carbocycles. The van der Waals surface area contributed by atoms with Crippen LogP contribution in [0.4, 0.5) is 0 Å². The Labute approximate surface area is 177 Å². The van der Waals surface area contributed by atoms with Crippen LogP contribution in [0.15, 0.2) is 46.2 Å². The highest BCUT2D eigenvalue weighted by Gasteiger charge is 2.13. The van der Waals surface area contributed by atoms with E-state index in [0.717, 1.165) is 11.5 Å². The lowest BCUT2D eigenvalue weighted by Gasteiger charge is -2.18. The topological polar surface area (TPSA) is 36.9 Å². The minimum Gasteiger partial charge on any atom is -0.352 e. The number of benzene rings is 2. The van der Waals surface area contributed by atoms with E-state index in [9.17, 15) is 0 Å². The molecule has 0 radical (unpaired) electrons. The van der Waals surface area contributed by atoms with Gasteiger partial charge < -0.3 is 18.9 Å². The average molecular weight is 425 g/mol. The Morgan fingerprint density at radius 2 is 0.964 bits per heavy atom. The fourth-order valence-electron chi connectivity index (χ4n) is 2.85. The molecule has 28 heavy (non-hydrogen) atoms. The minimum atomic E-state index is -0.175. The van der Waals surface area contributed by atoms with E-state index in [0.29, 0.717) is 26.4 Å². The van der Waals surface area contributed by atoms with Crippen LogP contribution in [-0.4, -0.2) is 50.5 Å². The predicted octanol–water partition coefficient (Wildman–Crippen LogP) is 5.82. The lowest BCUT2D eigenvalue weighted by atomic mass is 10.1. The number of fused-ring (bicyclic) bond motifs is 1. The number of hydrogen-bond donors (Lipinski definition) is 0. The first-order valence-corrected chi connectivity index (χ1v) is 11.9. The van der Waals surface area contributed by atoms with E-state index >= 15 is 0 Å². The normalized spacial score (nSPS) is 11.8. The second-order valence-corrected chi connectivity index (χ2v) is 8.03. The first-order chi connectivity index (χ1) is 13.7. The molecule has 0 N–H and O–H groups in total. The van der Waals surface area contributed by atoms with Crippen LogP contribution in [0.1, 0.15) is 27.7 Å². The maximum atomic E-state index is 5.68. The van der Waals surface area contributed by atoms with E-state index in [1.165, 1.54) is 20.6 Å². The fraction of sp³-hybridized carbons (Fsp3) is 0.545. The average Bonchev–Trinajstić information content (AvgIpc) is 2.71. The van der Waals surface area contributed by atoms with Gasteiger partial charge in [0.1, 0.15) is 0 Å². The Kier molecular flexibility index (Phi) is 11.3. The predicted molar refractivity (Wildman–Crippen MR) is 119 cm³/mol. The van der Waals surface area contributed by atoms with Crippen molar-refractivity contribution in [1.82, 2.24) is 0 Å². The summed E-state index contributed by atoms with van der Waals surface area (Å²) in [6, 6.07) is 12.9. The molecule has 2 aromatic carbocycles. The minimum absolute atomic E-state index is 0.175. The van der Waals surface area contributed by atoms with Crippen molar-refractivity contribution in [3.63, 3.8) is 0 Å². The molecule has 2 rings (SSSR count). The van der Waals surface area contributed by atoms with Gasteiger partial charge in [0.15, 0.2) is 12.6 Å². The van der Waals surface area contributed by atoms with Crippen molar-refractivity contribution in [3.05, 3.63) is 36.4 Å². The van der Waals surface area contributed by atoms with Crippen LogP contribution >= 0.6 is 23.5 Å². The molecular formula is C22H32O4S2. The van der Waals surface area contributed by atoms with Crippen molar-refractivity contribution < 1.29 is 18.9 Å². The fourth-order valence-corrected chi connectivity index (χ4v) is 4.88. The van der Waals surface area contributed by atoms with Gasteiger partial charge in [-0.2, -0.15) is 0 Å². The molecule has 0 spiro atoms. The van der Waals surface area contributed by atoms with Gasteiger partial charge in [-0.05, 0) is 50.6 Å². The Morgan fingerprint density at radius 3 is 1.29 bits per heavy atom. The van der Waals surface area contributed by atoms with E-state index < -0.39 is 0 Å². The number of ether oxygens (including phenoxy) is 4. The zero-order valence-corrected chi connectivity index (χ0v) is 18.9. The highest BCUT2D eigenvalue weighted by atomic mass is 32.2. The van der Waals surface area contributed by atoms with E-state index in [-0.39, 0.29) is 12.6 Å². The first kappa shape index (κ1) is 23.5. The van der Waals surface area contributed by atoms with Gasteiger partial charge in [-0.25, -0.2) is 0 Å². The van der Waals surface area contributed by atoms with Crippen molar-refractivity contribution in [3.8, 4) is 0 Å². The van der Waals surface area contributed by atoms with Crippen molar-refractivity contribution in [1.29, 1.82) is 0 Å². The summed E-state index contributed by atoms with van der Waals surface area (Å²) >= 11 is 3.56. The number of hydrogen-bond acceptors (Lipinski definition) is 6. The SMILES string of the molecule is CCOC(CSc1cccc2c(SCC(OCC)OCC)cccc12)OCC. The van der Waals surface area contributed by atoms with Crippen molar-refractivity contribution in [2.45, 2.75) is 50.1 Å². The number of thioether (sulfide) groups is 2. The third kappa shape index (κ3) is 7.25. The molecule has 0 aromatic heterocycles. The maximum absolute atomic E-state index is 5.68. The van der Waals surface area contributed by atoms with Gasteiger partial charge in [-0.1, -0.05) is 24.3 Å². The highest BCUT2D eigenvalue weighted by molar-refractivity contribution is 8.00. The second kappa shape index (κ2) is 13.5. The standard InChI is InChI=1S/C22H32O4S2/c1-5-23-21(24-6-2)15-27-19-13-9-12-18-17(19)11-10-14-20(18)28-16-22(25-7-3)26-8-4/h9-14,21-22H,5-8,15-16H2,1-4H3. The molecular weight excluding hydrogens is 392 g/mol. The molecule has 0 heterocycles. The molecule has 2 aromatic rings. The molecule has 0 unspecified atom stereocenters. The maximum Gasteiger partial charge on any atom is 0.166 e. The van der Waals surface area contributed by atoms with Crippen LogP contribution in [0, 0.1) is 0 Å². The molecule has 0 amide bonds. The monoisotopic (exact) mass is 424 g/mol. The Bertz CT molecular complexity index is 624. The number of rotatable bonds is 14. The van der Waals surface area contributed by atoms with Gasteiger partial charge in [0, 0.05) is 47.7 Å². The van der Waals surface area contributed by atoms with Gasteiger partial charge in [-0.3, -0.25) is 0 Å². The molecule has 6 heteroatoms. The summed E-state index contributed by atoms with van der Waals surface area (Å²) in [5.41, 5.74) is 0. The summed E-state index contributed by atoms with van der Waals surface area (Å²) in [6.45, 7) is 10.6. The molecule has 0 fully saturated rings. The largest absolute Gasteiger partial charge is 0.352 e. The summed E-state index contributed by atoms with van der Waals surface area (Å²) in [6.07, 6.45) is -0.350. The lowest BCUT2D eigenvalue weighted by molar-refractivity contribution is -0.120. The molecule has 0 atom stereocenters. The summed E-state index contributed by atoms with van der Waals surface area (Å²) in [7, 11) is 0. The third-order valence-electron chi connectivity index (χ3n) is 4.00. The van der Waals surface area contributed by atoms with E-state index in [1.54, 1.807) is 23.5 Å². The van der Waals surface area contributed by atoms with Crippen LogP contribution in [0.2, 0.25) is 0 Å². The van der Waals surface area contributed by atoms with Gasteiger partial charge in [0.25, 0.3) is 0 Å². The Hall–Kier alpha value is -0.760. The van der Waals surface area contributed by atoms with Crippen LogP contribution < -0.4 is 0 Å². The Balaban J connectivity index is 2.12. The van der Waals surface area contributed by atoms with Gasteiger partial charge in [-0.15, -0.1) is 23.5 Å². The van der Waals surface area contributed by atoms with Crippen molar-refractivity contribution in [2.75, 3.05) is 37.9 Å². The summed E-state index contributed by atoms with van der Waals surface area (Å²) in [4.78, 5) is 2.49. The quantitative estimate of drug-likeness (QED) is 0.281. The molecule has 156 valence electrons. The van der Waals surface area contributed by atoms with Gasteiger partial charge in [0.2, 0.25) is 0 Å². The van der Waals surface area contributed by atoms with E-state index in [2.05, 4.69) is 36.4 Å². The molecule has 4 nitrogen and oxygen atoms in total. The molecule has 0 aliphatic heterocycles. The highest BCUT2D eigenvalue weighted by Crippen LogP contribution is 2.34. The van der Waals surface area contributed by atoms with Crippen LogP contribution in [0.25, 0.3) is 10.8 Å². The summed E-state index contributed by atoms with van der Waals surface area (Å²) in [5, 5.41) is 2.52. The van der Waals surface area contributed by atoms with E-state index in [4.69, 9.17) is 18.9 Å². The summed E-state index contributed by atoms with van der Waals surface area (Å²) < 4.78 is 22.7. The smallest absolute Gasteiger partial charge is 0.166 e. The zero-order chi connectivity index (χ0) is 20.2. The van der Waals surface area contributed by atoms with E-state index in [1.807, 2.05) is 27.7 Å². The van der Waals surface area contributed by atoms with Gasteiger partial charge in [0.05, 0.1) is 0 Å². The molecule has 0 aliphatic rings. The van der Waals surface area contributed by atoms with Crippen LogP contribution in [0.3, 0.4) is 0 Å². The Morgan fingerprint density at radius 1 is 0.607 bits per heavy atom. The zero-order valence-electron chi connectivity index (χ0n) is 17.3. The molecule has 0 saturated heterocycles. The first-order valence-electron chi connectivity index (χ1n) is 9.97. The van der Waals surface area contributed by atoms with Crippen molar-refractivity contribution in [2.24, 2.45) is 0 Å². The van der Waals surface area contributed by atoms with Gasteiger partial charge >= 0.3 is 0 Å². The van der Waals surface area contributed by atoms with Crippen molar-refractivity contribution >= 4 is 34.3 Å². The second-order valence-electron chi connectivity index (χ2n) is 5.91.